The third-order valence-corrected chi connectivity index (χ3v) is 2.03. The van der Waals surface area contributed by atoms with E-state index in [0.717, 1.165) is 12.1 Å². The molecular weight excluding hydrogens is 178 g/mol. The van der Waals surface area contributed by atoms with Crippen molar-refractivity contribution in [2.75, 3.05) is 6.54 Å². The zero-order valence-electron chi connectivity index (χ0n) is 6.84. The lowest BCUT2D eigenvalue weighted by Crippen LogP contribution is -2.12. The predicted octanol–water partition coefficient (Wildman–Crippen LogP) is 0.618. The first kappa shape index (κ1) is 9.51. The highest BCUT2D eigenvalue weighted by molar-refractivity contribution is 6.30. The van der Waals surface area contributed by atoms with Gasteiger partial charge in [-0.2, -0.15) is 5.10 Å². The number of halogens is 1. The van der Waals surface area contributed by atoms with Crippen LogP contribution in [-0.2, 0) is 6.42 Å². The summed E-state index contributed by atoms with van der Waals surface area (Å²) in [6.07, 6.45) is 0.0396. The summed E-state index contributed by atoms with van der Waals surface area (Å²) < 4.78 is 0. The summed E-state index contributed by atoms with van der Waals surface area (Å²) >= 11 is 5.74. The summed E-state index contributed by atoms with van der Waals surface area (Å²) in [4.78, 5) is 0. The smallest absolute Gasteiger partial charge is 0.156 e. The number of aromatic nitrogens is 2. The van der Waals surface area contributed by atoms with Gasteiger partial charge in [-0.1, -0.05) is 18.5 Å². The summed E-state index contributed by atoms with van der Waals surface area (Å²) in [6.45, 7) is 2.11. The van der Waals surface area contributed by atoms with Gasteiger partial charge in [-0.25, -0.2) is 0 Å². The van der Waals surface area contributed by atoms with E-state index in [0.29, 0.717) is 10.7 Å². The molecule has 68 valence electrons. The minimum Gasteiger partial charge on any atom is -0.387 e. The SMILES string of the molecule is CCc1[nH]nc(Cl)c1C(O)CN. The molecule has 0 bridgehead atoms. The van der Waals surface area contributed by atoms with Crippen molar-refractivity contribution < 1.29 is 5.11 Å². The molecule has 0 aliphatic heterocycles. The van der Waals surface area contributed by atoms with Crippen LogP contribution in [0.15, 0.2) is 0 Å². The van der Waals surface area contributed by atoms with Gasteiger partial charge in [-0.3, -0.25) is 5.10 Å². The Balaban J connectivity index is 3.01. The van der Waals surface area contributed by atoms with Crippen molar-refractivity contribution in [1.82, 2.24) is 10.2 Å². The molecule has 5 heteroatoms. The number of hydrogen-bond donors (Lipinski definition) is 3. The highest BCUT2D eigenvalue weighted by Gasteiger charge is 2.16. The molecule has 1 rings (SSSR count). The van der Waals surface area contributed by atoms with E-state index in [1.54, 1.807) is 0 Å². The minimum absolute atomic E-state index is 0.159. The molecule has 1 aromatic heterocycles. The number of nitrogens with one attached hydrogen (secondary N) is 1. The number of nitrogens with two attached hydrogens (primary N) is 1. The van der Waals surface area contributed by atoms with Gasteiger partial charge in [-0.05, 0) is 6.42 Å². The molecule has 1 aromatic rings. The highest BCUT2D eigenvalue weighted by atomic mass is 35.5. The van der Waals surface area contributed by atoms with Crippen LogP contribution in [0.1, 0.15) is 24.3 Å². The first-order valence-corrected chi connectivity index (χ1v) is 4.19. The Morgan fingerprint density at radius 3 is 2.92 bits per heavy atom. The first-order chi connectivity index (χ1) is 5.70. The van der Waals surface area contributed by atoms with Gasteiger partial charge in [-0.15, -0.1) is 0 Å². The lowest BCUT2D eigenvalue weighted by Gasteiger charge is -2.07. The summed E-state index contributed by atoms with van der Waals surface area (Å²) in [5.74, 6) is 0. The summed E-state index contributed by atoms with van der Waals surface area (Å²) in [6, 6.07) is 0. The molecule has 12 heavy (non-hydrogen) atoms. The molecule has 0 radical (unpaired) electrons. The van der Waals surface area contributed by atoms with Crippen LogP contribution in [0.5, 0.6) is 0 Å². The van der Waals surface area contributed by atoms with Crippen molar-refractivity contribution in [3.05, 3.63) is 16.4 Å². The van der Waals surface area contributed by atoms with Gasteiger partial charge in [0.1, 0.15) is 0 Å². The van der Waals surface area contributed by atoms with Crippen molar-refractivity contribution in [3.63, 3.8) is 0 Å². The van der Waals surface area contributed by atoms with E-state index in [2.05, 4.69) is 10.2 Å². The average Bonchev–Trinajstić information content (AvgIpc) is 2.45. The first-order valence-electron chi connectivity index (χ1n) is 3.81. The molecule has 0 spiro atoms. The number of hydrogen-bond acceptors (Lipinski definition) is 3. The number of nitrogens with zero attached hydrogens (tertiary/aromatic N) is 1. The van der Waals surface area contributed by atoms with E-state index in [9.17, 15) is 5.11 Å². The summed E-state index contributed by atoms with van der Waals surface area (Å²) in [7, 11) is 0. The quantitative estimate of drug-likeness (QED) is 0.653. The molecule has 0 aromatic carbocycles. The fourth-order valence-electron chi connectivity index (χ4n) is 1.09. The van der Waals surface area contributed by atoms with Crippen LogP contribution in [0.4, 0.5) is 0 Å². The monoisotopic (exact) mass is 189 g/mol. The topological polar surface area (TPSA) is 74.9 Å². The zero-order valence-corrected chi connectivity index (χ0v) is 7.60. The lowest BCUT2D eigenvalue weighted by molar-refractivity contribution is 0.186. The number of aliphatic hydroxyl groups is 1. The number of H-pyrrole nitrogens is 1. The number of aromatic amines is 1. The fourth-order valence-corrected chi connectivity index (χ4v) is 1.37. The largest absolute Gasteiger partial charge is 0.387 e. The van der Waals surface area contributed by atoms with E-state index in [1.807, 2.05) is 6.92 Å². The van der Waals surface area contributed by atoms with Crippen molar-refractivity contribution >= 4 is 11.6 Å². The van der Waals surface area contributed by atoms with Crippen LogP contribution in [0.3, 0.4) is 0 Å². The Morgan fingerprint density at radius 2 is 2.42 bits per heavy atom. The maximum atomic E-state index is 9.44. The summed E-state index contributed by atoms with van der Waals surface area (Å²) in [5.41, 5.74) is 6.78. The Morgan fingerprint density at radius 1 is 1.75 bits per heavy atom. The van der Waals surface area contributed by atoms with Gasteiger partial charge >= 0.3 is 0 Å². The Bertz CT molecular complexity index is 261. The van der Waals surface area contributed by atoms with E-state index in [4.69, 9.17) is 17.3 Å². The zero-order chi connectivity index (χ0) is 9.14. The van der Waals surface area contributed by atoms with E-state index >= 15 is 0 Å². The van der Waals surface area contributed by atoms with Crippen LogP contribution >= 0.6 is 11.6 Å². The van der Waals surface area contributed by atoms with Crippen molar-refractivity contribution in [2.45, 2.75) is 19.4 Å². The molecule has 1 atom stereocenters. The van der Waals surface area contributed by atoms with Crippen LogP contribution < -0.4 is 5.73 Å². The van der Waals surface area contributed by atoms with E-state index < -0.39 is 6.10 Å². The predicted molar refractivity (Wildman–Crippen MR) is 47.0 cm³/mol. The van der Waals surface area contributed by atoms with Crippen LogP contribution in [0, 0.1) is 0 Å². The molecule has 4 nitrogen and oxygen atoms in total. The van der Waals surface area contributed by atoms with Crippen LogP contribution in [-0.4, -0.2) is 21.8 Å². The van der Waals surface area contributed by atoms with Gasteiger partial charge in [0, 0.05) is 17.8 Å². The molecule has 1 heterocycles. The Hall–Kier alpha value is -0.580. The molecule has 1 unspecified atom stereocenters. The molecule has 0 amide bonds. The number of rotatable bonds is 3. The maximum absolute atomic E-state index is 9.44. The molecule has 0 saturated carbocycles. The second-order valence-electron chi connectivity index (χ2n) is 2.51. The van der Waals surface area contributed by atoms with Crippen molar-refractivity contribution in [2.24, 2.45) is 5.73 Å². The Kier molecular flexibility index (Phi) is 3.08. The van der Waals surface area contributed by atoms with Crippen LogP contribution in [0.2, 0.25) is 5.15 Å². The molecule has 0 fully saturated rings. The van der Waals surface area contributed by atoms with Gasteiger partial charge in [0.25, 0.3) is 0 Å². The molecule has 4 N–H and O–H groups in total. The van der Waals surface area contributed by atoms with Crippen LogP contribution in [0.25, 0.3) is 0 Å². The van der Waals surface area contributed by atoms with Gasteiger partial charge in [0.2, 0.25) is 0 Å². The van der Waals surface area contributed by atoms with Gasteiger partial charge in [0.15, 0.2) is 5.15 Å². The second kappa shape index (κ2) is 3.89. The van der Waals surface area contributed by atoms with Gasteiger partial charge in [0.05, 0.1) is 6.10 Å². The third-order valence-electron chi connectivity index (χ3n) is 1.75. The standard InChI is InChI=1S/C7H12ClN3O/c1-2-4-6(5(12)3-9)7(8)11-10-4/h5,12H,2-3,9H2,1H3,(H,10,11). The normalized spacial score (nSPS) is 13.3. The second-order valence-corrected chi connectivity index (χ2v) is 2.87. The average molecular weight is 190 g/mol. The van der Waals surface area contributed by atoms with E-state index in [1.165, 1.54) is 0 Å². The maximum Gasteiger partial charge on any atom is 0.156 e. The molecule has 0 aliphatic carbocycles. The fraction of sp³-hybridized carbons (Fsp3) is 0.571. The molecule has 0 aliphatic rings. The highest BCUT2D eigenvalue weighted by Crippen LogP contribution is 2.23. The number of aryl methyl sites for hydroxylation is 1. The molecular formula is C7H12ClN3O. The summed E-state index contributed by atoms with van der Waals surface area (Å²) in [5, 5.41) is 16.3. The lowest BCUT2D eigenvalue weighted by atomic mass is 10.1. The van der Waals surface area contributed by atoms with Gasteiger partial charge < -0.3 is 10.8 Å². The van der Waals surface area contributed by atoms with Crippen molar-refractivity contribution in [3.8, 4) is 0 Å². The third kappa shape index (κ3) is 1.60. The van der Waals surface area contributed by atoms with Crippen molar-refractivity contribution in [1.29, 1.82) is 0 Å². The minimum atomic E-state index is -0.716. The Labute approximate surface area is 75.7 Å². The number of aliphatic hydroxyl groups excluding tert-OH is 1. The molecule has 0 saturated heterocycles. The van der Waals surface area contributed by atoms with E-state index in [-0.39, 0.29) is 6.54 Å².